The molecule has 1 amide bonds. The molecule has 0 aliphatic carbocycles. The third-order valence-electron chi connectivity index (χ3n) is 2.82. The maximum absolute atomic E-state index is 12.4. The molecule has 0 aromatic heterocycles. The highest BCUT2D eigenvalue weighted by atomic mass is 19.4. The van der Waals surface area contributed by atoms with E-state index >= 15 is 0 Å². The van der Waals surface area contributed by atoms with Crippen LogP contribution in [-0.2, 0) is 17.4 Å². The number of benzene rings is 2. The number of nitrogens with two attached hydrogens (primary N) is 1. The van der Waals surface area contributed by atoms with E-state index in [0.717, 1.165) is 12.1 Å². The van der Waals surface area contributed by atoms with Gasteiger partial charge in [-0.2, -0.15) is 13.2 Å². The van der Waals surface area contributed by atoms with Crippen LogP contribution in [0.5, 0.6) is 0 Å². The SMILES string of the molecule is Nc1cccc(NC(=O)Cc2ccc(C(F)(F)F)cc2)c1. The smallest absolute Gasteiger partial charge is 0.399 e. The zero-order valence-corrected chi connectivity index (χ0v) is 10.9. The van der Waals surface area contributed by atoms with E-state index < -0.39 is 11.7 Å². The molecule has 0 spiro atoms. The second kappa shape index (κ2) is 5.87. The molecule has 0 aliphatic rings. The summed E-state index contributed by atoms with van der Waals surface area (Å²) in [7, 11) is 0. The van der Waals surface area contributed by atoms with E-state index in [0.29, 0.717) is 16.9 Å². The van der Waals surface area contributed by atoms with Gasteiger partial charge >= 0.3 is 6.18 Å². The highest BCUT2D eigenvalue weighted by molar-refractivity contribution is 5.92. The van der Waals surface area contributed by atoms with E-state index in [-0.39, 0.29) is 12.3 Å². The first kappa shape index (κ1) is 14.9. The van der Waals surface area contributed by atoms with Gasteiger partial charge in [-0.15, -0.1) is 0 Å². The number of nitrogen functional groups attached to an aromatic ring is 1. The normalized spacial score (nSPS) is 11.2. The standard InChI is InChI=1S/C15H13F3N2O/c16-15(17,18)11-6-4-10(5-7-11)8-14(21)20-13-3-1-2-12(19)9-13/h1-7,9H,8,19H2,(H,20,21). The van der Waals surface area contributed by atoms with Crippen LogP contribution >= 0.6 is 0 Å². The molecule has 0 atom stereocenters. The summed E-state index contributed by atoms with van der Waals surface area (Å²) in [6, 6.07) is 11.2. The lowest BCUT2D eigenvalue weighted by molar-refractivity contribution is -0.137. The van der Waals surface area contributed by atoms with Crippen molar-refractivity contribution in [2.75, 3.05) is 11.1 Å². The molecule has 21 heavy (non-hydrogen) atoms. The Morgan fingerprint density at radius 3 is 2.33 bits per heavy atom. The molecule has 6 heteroatoms. The Balaban J connectivity index is 2.00. The average molecular weight is 294 g/mol. The average Bonchev–Trinajstić information content (AvgIpc) is 2.38. The Bertz CT molecular complexity index is 636. The first-order valence-electron chi connectivity index (χ1n) is 6.16. The molecule has 110 valence electrons. The number of carbonyl (C=O) groups excluding carboxylic acids is 1. The van der Waals surface area contributed by atoms with Gasteiger partial charge in [-0.1, -0.05) is 18.2 Å². The minimum atomic E-state index is -4.37. The summed E-state index contributed by atoms with van der Waals surface area (Å²) < 4.78 is 37.2. The predicted molar refractivity (Wildman–Crippen MR) is 74.6 cm³/mol. The fraction of sp³-hybridized carbons (Fsp3) is 0.133. The monoisotopic (exact) mass is 294 g/mol. The lowest BCUT2D eigenvalue weighted by atomic mass is 10.1. The summed E-state index contributed by atoms with van der Waals surface area (Å²) in [6.45, 7) is 0. The molecule has 0 aliphatic heterocycles. The van der Waals surface area contributed by atoms with Gasteiger partial charge in [0.2, 0.25) is 5.91 Å². The van der Waals surface area contributed by atoms with Gasteiger partial charge in [-0.25, -0.2) is 0 Å². The highest BCUT2D eigenvalue weighted by Gasteiger charge is 2.29. The van der Waals surface area contributed by atoms with Crippen molar-refractivity contribution >= 4 is 17.3 Å². The van der Waals surface area contributed by atoms with E-state index in [1.807, 2.05) is 0 Å². The van der Waals surface area contributed by atoms with Crippen molar-refractivity contribution in [3.63, 3.8) is 0 Å². The molecule has 3 nitrogen and oxygen atoms in total. The van der Waals surface area contributed by atoms with E-state index in [1.54, 1.807) is 24.3 Å². The molecule has 0 heterocycles. The quantitative estimate of drug-likeness (QED) is 0.852. The van der Waals surface area contributed by atoms with Crippen molar-refractivity contribution in [3.8, 4) is 0 Å². The summed E-state index contributed by atoms with van der Waals surface area (Å²) in [5.41, 5.74) is 6.42. The Morgan fingerprint density at radius 2 is 1.76 bits per heavy atom. The second-order valence-electron chi connectivity index (χ2n) is 4.55. The van der Waals surface area contributed by atoms with Crippen molar-refractivity contribution in [1.29, 1.82) is 0 Å². The van der Waals surface area contributed by atoms with Crippen molar-refractivity contribution in [1.82, 2.24) is 0 Å². The number of hydrogen-bond donors (Lipinski definition) is 2. The first-order chi connectivity index (χ1) is 9.84. The number of rotatable bonds is 3. The lowest BCUT2D eigenvalue weighted by Crippen LogP contribution is -2.14. The van der Waals surface area contributed by atoms with Gasteiger partial charge in [0, 0.05) is 11.4 Å². The minimum Gasteiger partial charge on any atom is -0.399 e. The second-order valence-corrected chi connectivity index (χ2v) is 4.55. The van der Waals surface area contributed by atoms with Gasteiger partial charge < -0.3 is 11.1 Å². The minimum absolute atomic E-state index is 0.00701. The number of halogens is 3. The molecule has 0 unspecified atom stereocenters. The zero-order valence-electron chi connectivity index (χ0n) is 10.9. The number of nitrogens with one attached hydrogen (secondary N) is 1. The molecule has 0 saturated carbocycles. The summed E-state index contributed by atoms with van der Waals surface area (Å²) in [5, 5.41) is 2.63. The maximum atomic E-state index is 12.4. The van der Waals surface area contributed by atoms with Crippen LogP contribution in [0.3, 0.4) is 0 Å². The molecule has 0 fully saturated rings. The van der Waals surface area contributed by atoms with Crippen molar-refractivity contribution < 1.29 is 18.0 Å². The van der Waals surface area contributed by atoms with Crippen LogP contribution < -0.4 is 11.1 Å². The first-order valence-corrected chi connectivity index (χ1v) is 6.16. The highest BCUT2D eigenvalue weighted by Crippen LogP contribution is 2.29. The van der Waals surface area contributed by atoms with Crippen LogP contribution in [0.1, 0.15) is 11.1 Å². The summed E-state index contributed by atoms with van der Waals surface area (Å²) in [5.74, 6) is -0.319. The van der Waals surface area contributed by atoms with Gasteiger partial charge in [0.15, 0.2) is 0 Å². The molecule has 2 rings (SSSR count). The van der Waals surface area contributed by atoms with Crippen LogP contribution in [0.4, 0.5) is 24.5 Å². The van der Waals surface area contributed by atoms with E-state index in [9.17, 15) is 18.0 Å². The number of anilines is 2. The summed E-state index contributed by atoms with van der Waals surface area (Å²) in [6.07, 6.45) is -4.38. The van der Waals surface area contributed by atoms with Gasteiger partial charge in [0.25, 0.3) is 0 Å². The van der Waals surface area contributed by atoms with Gasteiger partial charge in [0.05, 0.1) is 12.0 Å². The molecule has 2 aromatic rings. The van der Waals surface area contributed by atoms with Crippen LogP contribution in [0.25, 0.3) is 0 Å². The summed E-state index contributed by atoms with van der Waals surface area (Å²) in [4.78, 5) is 11.8. The van der Waals surface area contributed by atoms with E-state index in [4.69, 9.17) is 5.73 Å². The van der Waals surface area contributed by atoms with E-state index in [2.05, 4.69) is 5.32 Å². The Hall–Kier alpha value is -2.50. The summed E-state index contributed by atoms with van der Waals surface area (Å²) >= 11 is 0. The van der Waals surface area contributed by atoms with Crippen LogP contribution in [0.15, 0.2) is 48.5 Å². The Kier molecular flexibility index (Phi) is 4.16. The third-order valence-corrected chi connectivity index (χ3v) is 2.82. The molecular formula is C15H13F3N2O. The number of carbonyl (C=O) groups is 1. The largest absolute Gasteiger partial charge is 0.416 e. The molecule has 3 N–H and O–H groups in total. The van der Waals surface area contributed by atoms with Gasteiger partial charge in [-0.3, -0.25) is 4.79 Å². The van der Waals surface area contributed by atoms with Crippen molar-refractivity contribution in [2.24, 2.45) is 0 Å². The van der Waals surface area contributed by atoms with Crippen LogP contribution in [0, 0.1) is 0 Å². The fourth-order valence-electron chi connectivity index (χ4n) is 1.82. The number of alkyl halides is 3. The molecule has 2 aromatic carbocycles. The van der Waals surface area contributed by atoms with Gasteiger partial charge in [0.1, 0.15) is 0 Å². The Labute approximate surface area is 119 Å². The fourth-order valence-corrected chi connectivity index (χ4v) is 1.82. The topological polar surface area (TPSA) is 55.1 Å². The van der Waals surface area contributed by atoms with Gasteiger partial charge in [-0.05, 0) is 35.9 Å². The predicted octanol–water partition coefficient (Wildman–Crippen LogP) is 3.47. The number of amides is 1. The van der Waals surface area contributed by atoms with Crippen LogP contribution in [-0.4, -0.2) is 5.91 Å². The van der Waals surface area contributed by atoms with Crippen LogP contribution in [0.2, 0.25) is 0 Å². The maximum Gasteiger partial charge on any atom is 0.416 e. The third kappa shape index (κ3) is 4.24. The zero-order chi connectivity index (χ0) is 15.5. The van der Waals surface area contributed by atoms with Crippen molar-refractivity contribution in [2.45, 2.75) is 12.6 Å². The Morgan fingerprint density at radius 1 is 1.10 bits per heavy atom. The molecular weight excluding hydrogens is 281 g/mol. The lowest BCUT2D eigenvalue weighted by Gasteiger charge is -2.08. The molecule has 0 saturated heterocycles. The molecule has 0 bridgehead atoms. The number of hydrogen-bond acceptors (Lipinski definition) is 2. The van der Waals surface area contributed by atoms with Crippen molar-refractivity contribution in [3.05, 3.63) is 59.7 Å². The molecule has 0 radical (unpaired) electrons. The van der Waals surface area contributed by atoms with E-state index in [1.165, 1.54) is 12.1 Å².